The first kappa shape index (κ1) is 15.8. The predicted molar refractivity (Wildman–Crippen MR) is 74.0 cm³/mol. The Balaban J connectivity index is 2.14. The molecule has 0 aliphatic heterocycles. The van der Waals surface area contributed by atoms with E-state index in [1.165, 1.54) is 6.42 Å². The molecule has 0 aromatic heterocycles. The van der Waals surface area contributed by atoms with Crippen LogP contribution in [0.5, 0.6) is 0 Å². The number of aliphatic carboxylic acids is 1. The predicted octanol–water partition coefficient (Wildman–Crippen LogP) is 2.51. The third kappa shape index (κ3) is 5.49. The lowest BCUT2D eigenvalue weighted by molar-refractivity contribution is -0.141. The minimum absolute atomic E-state index is 0.0262. The summed E-state index contributed by atoms with van der Waals surface area (Å²) in [5.74, 6) is -1.06. The van der Waals surface area contributed by atoms with Gasteiger partial charge >= 0.3 is 12.0 Å². The fourth-order valence-electron chi connectivity index (χ4n) is 2.29. The van der Waals surface area contributed by atoms with Crippen molar-refractivity contribution in [2.75, 3.05) is 0 Å². The van der Waals surface area contributed by atoms with Crippen LogP contribution in [0.2, 0.25) is 0 Å². The molecule has 1 aliphatic carbocycles. The summed E-state index contributed by atoms with van der Waals surface area (Å²) in [7, 11) is 0. The largest absolute Gasteiger partial charge is 0.481 e. The van der Waals surface area contributed by atoms with E-state index in [4.69, 9.17) is 5.11 Å². The highest BCUT2D eigenvalue weighted by molar-refractivity contribution is 5.75. The maximum absolute atomic E-state index is 11.8. The van der Waals surface area contributed by atoms with Crippen molar-refractivity contribution in [2.45, 2.75) is 70.9 Å². The molecular formula is C14H26N2O3. The van der Waals surface area contributed by atoms with Crippen LogP contribution in [0.25, 0.3) is 0 Å². The molecule has 5 nitrogen and oxygen atoms in total. The van der Waals surface area contributed by atoms with Crippen molar-refractivity contribution >= 4 is 12.0 Å². The second-order valence-electron chi connectivity index (χ2n) is 6.08. The van der Waals surface area contributed by atoms with E-state index in [0.29, 0.717) is 6.42 Å². The quantitative estimate of drug-likeness (QED) is 0.665. The fourth-order valence-corrected chi connectivity index (χ4v) is 2.29. The smallest absolute Gasteiger partial charge is 0.315 e. The van der Waals surface area contributed by atoms with Crippen molar-refractivity contribution in [3.8, 4) is 0 Å². The Morgan fingerprint density at radius 3 is 2.37 bits per heavy atom. The number of nitrogens with one attached hydrogen (secondary N) is 2. The van der Waals surface area contributed by atoms with Gasteiger partial charge < -0.3 is 15.7 Å². The summed E-state index contributed by atoms with van der Waals surface area (Å²) in [6.07, 6.45) is 5.55. The molecule has 2 amide bonds. The van der Waals surface area contributed by atoms with Gasteiger partial charge in [0.25, 0.3) is 0 Å². The topological polar surface area (TPSA) is 78.4 Å². The lowest BCUT2D eigenvalue weighted by atomic mass is 9.79. The van der Waals surface area contributed by atoms with Gasteiger partial charge in [-0.1, -0.05) is 13.3 Å². The van der Waals surface area contributed by atoms with Crippen molar-refractivity contribution in [1.82, 2.24) is 10.6 Å². The van der Waals surface area contributed by atoms with Crippen LogP contribution in [0.4, 0.5) is 4.79 Å². The molecule has 0 heterocycles. The third-order valence-corrected chi connectivity index (χ3v) is 3.95. The highest BCUT2D eigenvalue weighted by Crippen LogP contribution is 2.30. The van der Waals surface area contributed by atoms with Gasteiger partial charge in [0.1, 0.15) is 0 Å². The highest BCUT2D eigenvalue weighted by Gasteiger charge is 2.33. The average molecular weight is 270 g/mol. The van der Waals surface area contributed by atoms with Crippen LogP contribution in [-0.2, 0) is 4.79 Å². The number of carboxylic acid groups (broad SMARTS) is 1. The van der Waals surface area contributed by atoms with Crippen LogP contribution in [-0.4, -0.2) is 28.7 Å². The Labute approximate surface area is 115 Å². The molecule has 0 bridgehead atoms. The van der Waals surface area contributed by atoms with E-state index in [1.807, 2.05) is 6.92 Å². The molecule has 0 radical (unpaired) electrons. The highest BCUT2D eigenvalue weighted by atomic mass is 16.4. The van der Waals surface area contributed by atoms with Crippen LogP contribution in [0, 0.1) is 5.92 Å². The van der Waals surface area contributed by atoms with Crippen LogP contribution in [0.3, 0.4) is 0 Å². The number of carboxylic acids is 1. The van der Waals surface area contributed by atoms with E-state index in [9.17, 15) is 9.59 Å². The number of hydrogen-bond acceptors (Lipinski definition) is 2. The van der Waals surface area contributed by atoms with Crippen LogP contribution in [0.1, 0.15) is 59.3 Å². The van der Waals surface area contributed by atoms with Crippen LogP contribution in [0.15, 0.2) is 0 Å². The van der Waals surface area contributed by atoms with E-state index in [-0.39, 0.29) is 23.5 Å². The first-order chi connectivity index (χ1) is 8.82. The zero-order chi connectivity index (χ0) is 14.5. The van der Waals surface area contributed by atoms with Gasteiger partial charge in [0.2, 0.25) is 0 Å². The lowest BCUT2D eigenvalue weighted by Gasteiger charge is -2.39. The summed E-state index contributed by atoms with van der Waals surface area (Å²) in [5.41, 5.74) is -0.0262. The zero-order valence-corrected chi connectivity index (χ0v) is 12.2. The molecule has 1 fully saturated rings. The van der Waals surface area contributed by atoms with Gasteiger partial charge in [-0.25, -0.2) is 4.79 Å². The van der Waals surface area contributed by atoms with Gasteiger partial charge in [-0.3, -0.25) is 4.79 Å². The maximum atomic E-state index is 11.8. The molecule has 5 heteroatoms. The summed E-state index contributed by atoms with van der Waals surface area (Å²) in [6.45, 7) is 5.73. The number of amides is 2. The van der Waals surface area contributed by atoms with Crippen molar-refractivity contribution in [3.05, 3.63) is 0 Å². The molecule has 0 aromatic rings. The van der Waals surface area contributed by atoms with Gasteiger partial charge in [0.15, 0.2) is 0 Å². The Bertz CT molecular complexity index is 327. The number of rotatable bonds is 7. The van der Waals surface area contributed by atoms with E-state index in [2.05, 4.69) is 17.6 Å². The molecule has 0 aromatic carbocycles. The standard InChI is InChI=1S/C14H26N2O3/c1-10(12(17)18)6-4-7-11(2)15-13(19)16-14(3)8-5-9-14/h10-11H,4-9H2,1-3H3,(H,17,18)(H2,15,16,19). The summed E-state index contributed by atoms with van der Waals surface area (Å²) >= 11 is 0. The maximum Gasteiger partial charge on any atom is 0.315 e. The molecule has 1 aliphatic rings. The normalized spacial score (nSPS) is 19.9. The number of hydrogen-bond donors (Lipinski definition) is 3. The summed E-state index contributed by atoms with van der Waals surface area (Å²) < 4.78 is 0. The summed E-state index contributed by atoms with van der Waals surface area (Å²) in [4.78, 5) is 22.4. The Morgan fingerprint density at radius 2 is 1.89 bits per heavy atom. The second kappa shape index (κ2) is 6.78. The third-order valence-electron chi connectivity index (χ3n) is 3.95. The molecule has 2 atom stereocenters. The zero-order valence-electron chi connectivity index (χ0n) is 12.2. The Kier molecular flexibility index (Phi) is 5.63. The monoisotopic (exact) mass is 270 g/mol. The van der Waals surface area contributed by atoms with E-state index >= 15 is 0 Å². The number of carbonyl (C=O) groups is 2. The van der Waals surface area contributed by atoms with Crippen LogP contribution >= 0.6 is 0 Å². The second-order valence-corrected chi connectivity index (χ2v) is 6.08. The van der Waals surface area contributed by atoms with Gasteiger partial charge in [0.05, 0.1) is 5.92 Å². The minimum Gasteiger partial charge on any atom is -0.481 e. The Hall–Kier alpha value is -1.26. The van der Waals surface area contributed by atoms with E-state index in [0.717, 1.165) is 25.7 Å². The first-order valence-electron chi connectivity index (χ1n) is 7.14. The Morgan fingerprint density at radius 1 is 1.26 bits per heavy atom. The fraction of sp³-hybridized carbons (Fsp3) is 0.857. The van der Waals surface area contributed by atoms with E-state index in [1.54, 1.807) is 6.92 Å². The molecular weight excluding hydrogens is 244 g/mol. The number of carbonyl (C=O) groups excluding carboxylic acids is 1. The van der Waals surface area contributed by atoms with Crippen molar-refractivity contribution < 1.29 is 14.7 Å². The SMILES string of the molecule is CC(CCCC(C)C(=O)O)NC(=O)NC1(C)CCC1. The molecule has 0 saturated heterocycles. The van der Waals surface area contributed by atoms with Gasteiger partial charge in [-0.05, 0) is 46.0 Å². The molecule has 1 saturated carbocycles. The molecule has 1 rings (SSSR count). The molecule has 110 valence electrons. The van der Waals surface area contributed by atoms with Crippen molar-refractivity contribution in [2.24, 2.45) is 5.92 Å². The van der Waals surface area contributed by atoms with Gasteiger partial charge in [-0.2, -0.15) is 0 Å². The number of urea groups is 1. The molecule has 3 N–H and O–H groups in total. The molecule has 19 heavy (non-hydrogen) atoms. The van der Waals surface area contributed by atoms with Gasteiger partial charge in [-0.15, -0.1) is 0 Å². The minimum atomic E-state index is -0.753. The molecule has 0 spiro atoms. The van der Waals surface area contributed by atoms with Gasteiger partial charge in [0, 0.05) is 11.6 Å². The van der Waals surface area contributed by atoms with Crippen molar-refractivity contribution in [1.29, 1.82) is 0 Å². The summed E-state index contributed by atoms with van der Waals surface area (Å²) in [5, 5.41) is 14.7. The summed E-state index contributed by atoms with van der Waals surface area (Å²) in [6, 6.07) is -0.0364. The first-order valence-corrected chi connectivity index (χ1v) is 7.14. The van der Waals surface area contributed by atoms with Crippen LogP contribution < -0.4 is 10.6 Å². The average Bonchev–Trinajstić information content (AvgIpc) is 2.26. The lowest BCUT2D eigenvalue weighted by Crippen LogP contribution is -2.55. The van der Waals surface area contributed by atoms with Crippen molar-refractivity contribution in [3.63, 3.8) is 0 Å². The van der Waals surface area contributed by atoms with E-state index < -0.39 is 5.97 Å². The molecule has 2 unspecified atom stereocenters.